The van der Waals surface area contributed by atoms with Crippen LogP contribution in [-0.4, -0.2) is 16.5 Å². The number of methoxy groups -OCH3 is 1. The zero-order valence-corrected chi connectivity index (χ0v) is 11.3. The number of ether oxygens (including phenoxy) is 1. The predicted molar refractivity (Wildman–Crippen MR) is 76.7 cm³/mol. The van der Waals surface area contributed by atoms with Crippen molar-refractivity contribution in [1.82, 2.24) is 9.38 Å². The highest BCUT2D eigenvalue weighted by atomic mass is 16.5. The van der Waals surface area contributed by atoms with Crippen LogP contribution in [0.5, 0.6) is 5.75 Å². The molecule has 0 aliphatic heterocycles. The molecule has 2 heterocycles. The average molecular weight is 252 g/mol. The van der Waals surface area contributed by atoms with Gasteiger partial charge in [-0.1, -0.05) is 12.1 Å². The van der Waals surface area contributed by atoms with Gasteiger partial charge in [-0.25, -0.2) is 4.98 Å². The van der Waals surface area contributed by atoms with Gasteiger partial charge in [-0.15, -0.1) is 0 Å². The molecule has 0 saturated carbocycles. The molecule has 96 valence electrons. The van der Waals surface area contributed by atoms with Gasteiger partial charge in [0.2, 0.25) is 0 Å². The Hall–Kier alpha value is -2.29. The van der Waals surface area contributed by atoms with Gasteiger partial charge in [0.05, 0.1) is 12.8 Å². The molecule has 0 fully saturated rings. The molecule has 0 aliphatic carbocycles. The second kappa shape index (κ2) is 4.43. The molecule has 0 saturated heterocycles. The van der Waals surface area contributed by atoms with Crippen LogP contribution in [0.4, 0.5) is 0 Å². The number of aryl methyl sites for hydroxylation is 2. The largest absolute Gasteiger partial charge is 0.493 e. The van der Waals surface area contributed by atoms with E-state index in [0.29, 0.717) is 0 Å². The molecule has 0 atom stereocenters. The Balaban J connectivity index is 2.17. The first-order valence-corrected chi connectivity index (χ1v) is 6.28. The summed E-state index contributed by atoms with van der Waals surface area (Å²) in [5.41, 5.74) is 5.52. The van der Waals surface area contributed by atoms with E-state index < -0.39 is 0 Å². The van der Waals surface area contributed by atoms with Crippen LogP contribution in [0, 0.1) is 13.8 Å². The summed E-state index contributed by atoms with van der Waals surface area (Å²) in [6.07, 6.45) is 4.01. The maximum absolute atomic E-state index is 5.34. The SMILES string of the molecule is COc1cccn2cc(-c3ccc(C)c(C)c3)nc12. The van der Waals surface area contributed by atoms with E-state index in [-0.39, 0.29) is 0 Å². The van der Waals surface area contributed by atoms with Crippen molar-refractivity contribution in [3.05, 3.63) is 53.9 Å². The van der Waals surface area contributed by atoms with E-state index in [0.717, 1.165) is 22.7 Å². The molecule has 3 rings (SSSR count). The van der Waals surface area contributed by atoms with E-state index in [2.05, 4.69) is 37.0 Å². The first kappa shape index (κ1) is 11.8. The molecule has 0 amide bonds. The van der Waals surface area contributed by atoms with Crippen LogP contribution >= 0.6 is 0 Å². The third-order valence-electron chi connectivity index (χ3n) is 3.47. The fourth-order valence-electron chi connectivity index (χ4n) is 2.19. The van der Waals surface area contributed by atoms with Crippen LogP contribution in [0.1, 0.15) is 11.1 Å². The standard InChI is InChI=1S/C16H16N2O/c1-11-6-7-13(9-12(11)2)14-10-18-8-4-5-15(19-3)16(18)17-14/h4-10H,1-3H3. The molecule has 2 aromatic heterocycles. The lowest BCUT2D eigenvalue weighted by molar-refractivity contribution is 0.417. The summed E-state index contributed by atoms with van der Waals surface area (Å²) >= 11 is 0. The summed E-state index contributed by atoms with van der Waals surface area (Å²) in [6, 6.07) is 10.3. The highest BCUT2D eigenvalue weighted by Crippen LogP contribution is 2.25. The Labute approximate surface area is 112 Å². The van der Waals surface area contributed by atoms with Gasteiger partial charge in [0.15, 0.2) is 11.4 Å². The molecule has 0 bridgehead atoms. The molecule has 3 aromatic rings. The van der Waals surface area contributed by atoms with E-state index in [1.807, 2.05) is 28.9 Å². The van der Waals surface area contributed by atoms with E-state index >= 15 is 0 Å². The number of fused-ring (bicyclic) bond motifs is 1. The lowest BCUT2D eigenvalue weighted by Gasteiger charge is -2.02. The zero-order chi connectivity index (χ0) is 13.4. The second-order valence-electron chi connectivity index (χ2n) is 4.73. The highest BCUT2D eigenvalue weighted by molar-refractivity contribution is 5.66. The number of rotatable bonds is 2. The van der Waals surface area contributed by atoms with Crippen molar-refractivity contribution < 1.29 is 4.74 Å². The van der Waals surface area contributed by atoms with Gasteiger partial charge in [-0.2, -0.15) is 0 Å². The molecule has 0 N–H and O–H groups in total. The number of benzene rings is 1. The Bertz CT molecular complexity index is 744. The zero-order valence-electron chi connectivity index (χ0n) is 11.3. The minimum absolute atomic E-state index is 0.789. The van der Waals surface area contributed by atoms with E-state index in [1.165, 1.54) is 11.1 Å². The van der Waals surface area contributed by atoms with E-state index in [9.17, 15) is 0 Å². The van der Waals surface area contributed by atoms with Crippen molar-refractivity contribution in [3.63, 3.8) is 0 Å². The van der Waals surface area contributed by atoms with Crippen LogP contribution in [0.2, 0.25) is 0 Å². The van der Waals surface area contributed by atoms with Crippen LogP contribution in [0.25, 0.3) is 16.9 Å². The third-order valence-corrected chi connectivity index (χ3v) is 3.47. The predicted octanol–water partition coefficient (Wildman–Crippen LogP) is 3.63. The number of nitrogens with zero attached hydrogens (tertiary/aromatic N) is 2. The van der Waals surface area contributed by atoms with Crippen molar-refractivity contribution in [2.75, 3.05) is 7.11 Å². The quantitative estimate of drug-likeness (QED) is 0.696. The van der Waals surface area contributed by atoms with Crippen LogP contribution < -0.4 is 4.74 Å². The van der Waals surface area contributed by atoms with Crippen LogP contribution in [0.3, 0.4) is 0 Å². The Morgan fingerprint density at radius 3 is 2.68 bits per heavy atom. The van der Waals surface area contributed by atoms with Gasteiger partial charge in [0.1, 0.15) is 0 Å². The highest BCUT2D eigenvalue weighted by Gasteiger charge is 2.08. The second-order valence-corrected chi connectivity index (χ2v) is 4.73. The summed E-state index contributed by atoms with van der Waals surface area (Å²) in [6.45, 7) is 4.24. The van der Waals surface area contributed by atoms with Crippen LogP contribution in [0.15, 0.2) is 42.7 Å². The Morgan fingerprint density at radius 1 is 1.11 bits per heavy atom. The Morgan fingerprint density at radius 2 is 1.95 bits per heavy atom. The van der Waals surface area contributed by atoms with Gasteiger partial charge in [-0.3, -0.25) is 0 Å². The summed E-state index contributed by atoms with van der Waals surface area (Å²) < 4.78 is 7.33. The normalized spacial score (nSPS) is 10.9. The monoisotopic (exact) mass is 252 g/mol. The molecule has 0 aliphatic rings. The molecule has 19 heavy (non-hydrogen) atoms. The number of hydrogen-bond acceptors (Lipinski definition) is 2. The summed E-state index contributed by atoms with van der Waals surface area (Å²) in [5, 5.41) is 0. The molecular formula is C16H16N2O. The lowest BCUT2D eigenvalue weighted by atomic mass is 10.1. The number of imidazole rings is 1. The molecule has 0 radical (unpaired) electrons. The summed E-state index contributed by atoms with van der Waals surface area (Å²) in [5.74, 6) is 0.789. The first-order valence-electron chi connectivity index (χ1n) is 6.28. The van der Waals surface area contributed by atoms with Crippen LogP contribution in [-0.2, 0) is 0 Å². The van der Waals surface area contributed by atoms with Crippen molar-refractivity contribution >= 4 is 5.65 Å². The fourth-order valence-corrected chi connectivity index (χ4v) is 2.19. The molecule has 1 aromatic carbocycles. The topological polar surface area (TPSA) is 26.5 Å². The first-order chi connectivity index (χ1) is 9.19. The van der Waals surface area contributed by atoms with E-state index in [1.54, 1.807) is 7.11 Å². The fraction of sp³-hybridized carbons (Fsp3) is 0.188. The maximum Gasteiger partial charge on any atom is 0.180 e. The lowest BCUT2D eigenvalue weighted by Crippen LogP contribution is -1.88. The number of aromatic nitrogens is 2. The number of pyridine rings is 1. The maximum atomic E-state index is 5.34. The van der Waals surface area contributed by atoms with Crippen molar-refractivity contribution in [1.29, 1.82) is 0 Å². The average Bonchev–Trinajstić information content (AvgIpc) is 2.85. The van der Waals surface area contributed by atoms with Crippen molar-refractivity contribution in [3.8, 4) is 17.0 Å². The van der Waals surface area contributed by atoms with Gasteiger partial charge in [0.25, 0.3) is 0 Å². The molecule has 3 heteroatoms. The minimum Gasteiger partial charge on any atom is -0.493 e. The summed E-state index contributed by atoms with van der Waals surface area (Å²) in [7, 11) is 1.67. The van der Waals surface area contributed by atoms with Crippen molar-refractivity contribution in [2.45, 2.75) is 13.8 Å². The minimum atomic E-state index is 0.789. The molecule has 0 spiro atoms. The third kappa shape index (κ3) is 1.97. The summed E-state index contributed by atoms with van der Waals surface area (Å²) in [4.78, 5) is 4.66. The molecule has 0 unspecified atom stereocenters. The van der Waals surface area contributed by atoms with Gasteiger partial charge < -0.3 is 9.14 Å². The molecule has 3 nitrogen and oxygen atoms in total. The van der Waals surface area contributed by atoms with Gasteiger partial charge in [0, 0.05) is 18.0 Å². The smallest absolute Gasteiger partial charge is 0.180 e. The molecular weight excluding hydrogens is 236 g/mol. The Kier molecular flexibility index (Phi) is 2.75. The van der Waals surface area contributed by atoms with E-state index in [4.69, 9.17) is 4.74 Å². The van der Waals surface area contributed by atoms with Crippen molar-refractivity contribution in [2.24, 2.45) is 0 Å². The van der Waals surface area contributed by atoms with Gasteiger partial charge in [-0.05, 0) is 43.2 Å². The van der Waals surface area contributed by atoms with Gasteiger partial charge >= 0.3 is 0 Å². The number of hydrogen-bond donors (Lipinski definition) is 0.